The van der Waals surface area contributed by atoms with Gasteiger partial charge in [0.25, 0.3) is 0 Å². The van der Waals surface area contributed by atoms with Crippen LogP contribution in [0.5, 0.6) is 5.75 Å². The fourth-order valence-corrected chi connectivity index (χ4v) is 2.48. The van der Waals surface area contributed by atoms with Gasteiger partial charge in [0, 0.05) is 12.1 Å². The molecule has 0 bridgehead atoms. The van der Waals surface area contributed by atoms with E-state index < -0.39 is 0 Å². The highest BCUT2D eigenvalue weighted by atomic mass is 16.5. The number of fused-ring (bicyclic) bond motifs is 1. The van der Waals surface area contributed by atoms with Crippen molar-refractivity contribution in [2.45, 2.75) is 39.2 Å². The Hall–Kier alpha value is -1.06. The van der Waals surface area contributed by atoms with Gasteiger partial charge in [-0.15, -0.1) is 0 Å². The number of hydrogen-bond donors (Lipinski definition) is 3. The minimum atomic E-state index is 0.301. The summed E-state index contributed by atoms with van der Waals surface area (Å²) in [6, 6.07) is 1.80. The number of nitrogens with one attached hydrogen (secondary N) is 1. The molecular formula is C12H17NO2. The quantitative estimate of drug-likeness (QED) is 0.651. The van der Waals surface area contributed by atoms with Crippen molar-refractivity contribution in [1.29, 1.82) is 0 Å². The zero-order chi connectivity index (χ0) is 10.8. The Labute approximate surface area is 89.7 Å². The van der Waals surface area contributed by atoms with E-state index in [1.165, 1.54) is 29.5 Å². The van der Waals surface area contributed by atoms with Crippen LogP contribution in [-0.2, 0) is 19.4 Å². The predicted molar refractivity (Wildman–Crippen MR) is 58.1 cm³/mol. The molecule has 0 heterocycles. The zero-order valence-corrected chi connectivity index (χ0v) is 9.01. The van der Waals surface area contributed by atoms with Crippen molar-refractivity contribution in [3.63, 3.8) is 0 Å². The van der Waals surface area contributed by atoms with Crippen LogP contribution < -0.4 is 5.48 Å². The van der Waals surface area contributed by atoms with Crippen LogP contribution in [0.3, 0.4) is 0 Å². The summed E-state index contributed by atoms with van der Waals surface area (Å²) in [6.07, 6.45) is 4.51. The second kappa shape index (κ2) is 4.21. The van der Waals surface area contributed by atoms with Crippen LogP contribution in [-0.4, -0.2) is 10.3 Å². The zero-order valence-electron chi connectivity index (χ0n) is 9.01. The molecule has 0 unspecified atom stereocenters. The molecule has 0 spiro atoms. The van der Waals surface area contributed by atoms with Crippen molar-refractivity contribution < 1.29 is 10.3 Å². The molecular weight excluding hydrogens is 190 g/mol. The number of hydroxylamine groups is 1. The first kappa shape index (κ1) is 10.5. The maximum Gasteiger partial charge on any atom is 0.120 e. The van der Waals surface area contributed by atoms with E-state index in [2.05, 4.69) is 5.48 Å². The summed E-state index contributed by atoms with van der Waals surface area (Å²) in [4.78, 5) is 0. The first-order valence-electron chi connectivity index (χ1n) is 5.44. The van der Waals surface area contributed by atoms with E-state index in [1.54, 1.807) is 6.07 Å². The second-order valence-electron chi connectivity index (χ2n) is 4.19. The van der Waals surface area contributed by atoms with Gasteiger partial charge in [-0.05, 0) is 55.4 Å². The lowest BCUT2D eigenvalue weighted by atomic mass is 9.85. The highest BCUT2D eigenvalue weighted by Gasteiger charge is 2.18. The first-order valence-corrected chi connectivity index (χ1v) is 5.44. The van der Waals surface area contributed by atoms with Crippen molar-refractivity contribution >= 4 is 0 Å². The smallest absolute Gasteiger partial charge is 0.120 e. The third-order valence-electron chi connectivity index (χ3n) is 3.23. The summed E-state index contributed by atoms with van der Waals surface area (Å²) in [5.41, 5.74) is 6.77. The van der Waals surface area contributed by atoms with Gasteiger partial charge in [-0.3, -0.25) is 0 Å². The van der Waals surface area contributed by atoms with Crippen LogP contribution in [0, 0.1) is 6.92 Å². The number of aromatic hydroxyl groups is 1. The van der Waals surface area contributed by atoms with Crippen molar-refractivity contribution in [3.05, 3.63) is 28.3 Å². The maximum atomic E-state index is 9.83. The molecule has 3 nitrogen and oxygen atoms in total. The van der Waals surface area contributed by atoms with Gasteiger partial charge in [-0.1, -0.05) is 0 Å². The first-order chi connectivity index (χ1) is 7.24. The minimum absolute atomic E-state index is 0.301. The standard InChI is InChI=1S/C12H17NO2/c1-8-6-12(14)11(7-13-15)10-5-3-2-4-9(8)10/h6,13-15H,2-5,7H2,1H3. The van der Waals surface area contributed by atoms with Crippen LogP contribution in [0.25, 0.3) is 0 Å². The van der Waals surface area contributed by atoms with Crippen LogP contribution in [0.15, 0.2) is 6.07 Å². The second-order valence-corrected chi connectivity index (χ2v) is 4.19. The average Bonchev–Trinajstić information content (AvgIpc) is 2.24. The van der Waals surface area contributed by atoms with Crippen LogP contribution in [0.2, 0.25) is 0 Å². The van der Waals surface area contributed by atoms with Gasteiger partial charge in [0.1, 0.15) is 5.75 Å². The molecule has 0 atom stereocenters. The number of rotatable bonds is 2. The minimum Gasteiger partial charge on any atom is -0.508 e. The predicted octanol–water partition coefficient (Wildman–Crippen LogP) is 2.06. The Kier molecular flexibility index (Phi) is 2.93. The van der Waals surface area contributed by atoms with Gasteiger partial charge < -0.3 is 10.3 Å². The lowest BCUT2D eigenvalue weighted by Gasteiger charge is -2.22. The SMILES string of the molecule is Cc1cc(O)c(CNO)c2c1CCCC2. The molecule has 15 heavy (non-hydrogen) atoms. The van der Waals surface area contributed by atoms with E-state index in [0.717, 1.165) is 18.4 Å². The number of hydrogen-bond acceptors (Lipinski definition) is 3. The van der Waals surface area contributed by atoms with E-state index >= 15 is 0 Å². The summed E-state index contributed by atoms with van der Waals surface area (Å²) in [7, 11) is 0. The Morgan fingerprint density at radius 1 is 1.27 bits per heavy atom. The van der Waals surface area contributed by atoms with E-state index in [4.69, 9.17) is 5.21 Å². The van der Waals surface area contributed by atoms with E-state index in [9.17, 15) is 5.11 Å². The van der Waals surface area contributed by atoms with Crippen LogP contribution >= 0.6 is 0 Å². The number of phenols is 1. The largest absolute Gasteiger partial charge is 0.508 e. The van der Waals surface area contributed by atoms with Gasteiger partial charge in [-0.25, -0.2) is 5.48 Å². The molecule has 0 aliphatic heterocycles. The molecule has 1 aromatic carbocycles. The third kappa shape index (κ3) is 1.85. The van der Waals surface area contributed by atoms with Gasteiger partial charge in [0.05, 0.1) is 0 Å². The normalized spacial score (nSPS) is 15.1. The molecule has 1 aliphatic rings. The number of phenolic OH excluding ortho intramolecular Hbond substituents is 1. The number of aryl methyl sites for hydroxylation is 1. The van der Waals surface area contributed by atoms with Crippen LogP contribution in [0.4, 0.5) is 0 Å². The Morgan fingerprint density at radius 2 is 1.93 bits per heavy atom. The maximum absolute atomic E-state index is 9.83. The van der Waals surface area contributed by atoms with E-state index in [-0.39, 0.29) is 0 Å². The summed E-state index contributed by atoms with van der Waals surface area (Å²) < 4.78 is 0. The van der Waals surface area contributed by atoms with Gasteiger partial charge >= 0.3 is 0 Å². The van der Waals surface area contributed by atoms with Crippen molar-refractivity contribution in [1.82, 2.24) is 5.48 Å². The molecule has 0 saturated carbocycles. The lowest BCUT2D eigenvalue weighted by molar-refractivity contribution is 0.160. The van der Waals surface area contributed by atoms with Gasteiger partial charge in [0.15, 0.2) is 0 Å². The summed E-state index contributed by atoms with van der Waals surface area (Å²) in [5, 5.41) is 18.6. The molecule has 82 valence electrons. The van der Waals surface area contributed by atoms with Crippen molar-refractivity contribution in [2.75, 3.05) is 0 Å². The molecule has 1 aliphatic carbocycles. The number of benzene rings is 1. The lowest BCUT2D eigenvalue weighted by Crippen LogP contribution is -2.14. The highest BCUT2D eigenvalue weighted by molar-refractivity contribution is 5.49. The van der Waals surface area contributed by atoms with Gasteiger partial charge in [-0.2, -0.15) is 0 Å². The fraction of sp³-hybridized carbons (Fsp3) is 0.500. The molecule has 2 rings (SSSR count). The summed E-state index contributed by atoms with van der Waals surface area (Å²) in [5.74, 6) is 0.301. The molecule has 0 saturated heterocycles. The molecule has 0 amide bonds. The fourth-order valence-electron chi connectivity index (χ4n) is 2.48. The molecule has 0 fully saturated rings. The highest BCUT2D eigenvalue weighted by Crippen LogP contribution is 2.33. The third-order valence-corrected chi connectivity index (χ3v) is 3.23. The average molecular weight is 207 g/mol. The van der Waals surface area contributed by atoms with Crippen LogP contribution in [0.1, 0.15) is 35.1 Å². The van der Waals surface area contributed by atoms with Crippen molar-refractivity contribution in [2.24, 2.45) is 0 Å². The molecule has 0 radical (unpaired) electrons. The van der Waals surface area contributed by atoms with Crippen molar-refractivity contribution in [3.8, 4) is 5.75 Å². The Bertz CT molecular complexity index is 374. The molecule has 3 N–H and O–H groups in total. The van der Waals surface area contributed by atoms with Gasteiger partial charge in [0.2, 0.25) is 0 Å². The molecule has 3 heteroatoms. The van der Waals surface area contributed by atoms with E-state index in [0.29, 0.717) is 12.3 Å². The Balaban J connectivity index is 2.53. The monoisotopic (exact) mass is 207 g/mol. The molecule has 1 aromatic rings. The Morgan fingerprint density at radius 3 is 2.60 bits per heavy atom. The topological polar surface area (TPSA) is 52.5 Å². The summed E-state index contributed by atoms with van der Waals surface area (Å²) >= 11 is 0. The summed E-state index contributed by atoms with van der Waals surface area (Å²) in [6.45, 7) is 2.37. The molecule has 0 aromatic heterocycles. The van der Waals surface area contributed by atoms with E-state index in [1.807, 2.05) is 6.92 Å².